The van der Waals surface area contributed by atoms with Gasteiger partial charge < -0.3 is 14.2 Å². The Labute approximate surface area is 147 Å². The van der Waals surface area contributed by atoms with Gasteiger partial charge >= 0.3 is 5.97 Å². The molecule has 6 nitrogen and oxygen atoms in total. The first-order valence-electron chi connectivity index (χ1n) is 8.03. The molecule has 0 saturated heterocycles. The largest absolute Gasteiger partial charge is 0.483 e. The van der Waals surface area contributed by atoms with Crippen molar-refractivity contribution in [1.82, 2.24) is 0 Å². The highest BCUT2D eigenvalue weighted by Crippen LogP contribution is 2.40. The molecule has 0 aliphatic carbocycles. The molecule has 1 aromatic carbocycles. The smallest absolute Gasteiger partial charge is 0.338 e. The van der Waals surface area contributed by atoms with Gasteiger partial charge in [0.25, 0.3) is 0 Å². The molecule has 1 aliphatic heterocycles. The average Bonchev–Trinajstić information content (AvgIpc) is 2.62. The van der Waals surface area contributed by atoms with E-state index in [0.29, 0.717) is 17.9 Å². The lowest BCUT2D eigenvalue weighted by molar-refractivity contribution is -0.139. The fourth-order valence-electron chi connectivity index (χ4n) is 2.54. The van der Waals surface area contributed by atoms with E-state index < -0.39 is 11.9 Å². The van der Waals surface area contributed by atoms with Gasteiger partial charge in [-0.3, -0.25) is 0 Å². The fraction of sp³-hybridized carbons (Fsp3) is 0.316. The first kappa shape index (κ1) is 18.3. The van der Waals surface area contributed by atoms with Crippen LogP contribution in [0.5, 0.6) is 0 Å². The van der Waals surface area contributed by atoms with E-state index in [9.17, 15) is 10.1 Å². The number of hydrogen-bond acceptors (Lipinski definition) is 6. The van der Waals surface area contributed by atoms with Crippen LogP contribution in [0.3, 0.4) is 0 Å². The van der Waals surface area contributed by atoms with Gasteiger partial charge in [-0.15, -0.1) is 0 Å². The molecular weight excluding hydrogens is 320 g/mol. The lowest BCUT2D eigenvalue weighted by Crippen LogP contribution is -2.23. The fourth-order valence-corrected chi connectivity index (χ4v) is 2.54. The van der Waals surface area contributed by atoms with Gasteiger partial charge in [0.15, 0.2) is 6.40 Å². The Morgan fingerprint density at radius 1 is 1.32 bits per heavy atom. The number of benzene rings is 1. The number of carbonyl (C=O) groups excluding carboxylic acids is 1. The maximum absolute atomic E-state index is 12.5. The maximum Gasteiger partial charge on any atom is 0.338 e. The van der Waals surface area contributed by atoms with Crippen molar-refractivity contribution >= 4 is 12.4 Å². The van der Waals surface area contributed by atoms with Crippen molar-refractivity contribution in [1.29, 1.82) is 5.26 Å². The van der Waals surface area contributed by atoms with E-state index in [-0.39, 0.29) is 18.1 Å². The number of rotatable bonds is 6. The molecule has 1 aliphatic rings. The van der Waals surface area contributed by atoms with E-state index in [1.54, 1.807) is 13.8 Å². The van der Waals surface area contributed by atoms with Crippen LogP contribution < -0.4 is 0 Å². The molecule has 1 heterocycles. The Morgan fingerprint density at radius 3 is 2.64 bits per heavy atom. The van der Waals surface area contributed by atoms with Gasteiger partial charge in [-0.25, -0.2) is 4.79 Å². The molecule has 0 bridgehead atoms. The minimum Gasteiger partial charge on any atom is -0.483 e. The number of nitrogens with zero attached hydrogens (tertiary/aromatic N) is 2. The van der Waals surface area contributed by atoms with Crippen molar-refractivity contribution < 1.29 is 19.0 Å². The van der Waals surface area contributed by atoms with Crippen LogP contribution >= 0.6 is 0 Å². The normalized spacial score (nSPS) is 17.3. The first-order chi connectivity index (χ1) is 12.1. The third-order valence-electron chi connectivity index (χ3n) is 3.60. The zero-order chi connectivity index (χ0) is 18.2. The summed E-state index contributed by atoms with van der Waals surface area (Å²) in [7, 11) is 0. The molecule has 130 valence electrons. The van der Waals surface area contributed by atoms with E-state index >= 15 is 0 Å². The summed E-state index contributed by atoms with van der Waals surface area (Å²) in [4.78, 5) is 16.6. The van der Waals surface area contributed by atoms with Crippen LogP contribution in [0.1, 0.15) is 32.3 Å². The summed E-state index contributed by atoms with van der Waals surface area (Å²) in [5, 5.41) is 9.69. The summed E-state index contributed by atoms with van der Waals surface area (Å²) in [6, 6.07) is 11.4. The average molecular weight is 340 g/mol. The minimum absolute atomic E-state index is 0.121. The third-order valence-corrected chi connectivity index (χ3v) is 3.60. The number of nitriles is 1. The number of carbonyl (C=O) groups is 1. The molecule has 6 heteroatoms. The summed E-state index contributed by atoms with van der Waals surface area (Å²) in [6.45, 7) is 5.90. The van der Waals surface area contributed by atoms with Crippen LogP contribution in [0.2, 0.25) is 0 Å². The number of aliphatic imine (C=N–C) groups is 1. The predicted molar refractivity (Wildman–Crippen MR) is 92.4 cm³/mol. The van der Waals surface area contributed by atoms with Gasteiger partial charge in [0.2, 0.25) is 5.88 Å². The molecule has 1 aromatic rings. The molecule has 0 aromatic heterocycles. The second kappa shape index (κ2) is 8.69. The zero-order valence-electron chi connectivity index (χ0n) is 14.5. The SMILES string of the molecule is CCO/C=N/C1=C(C#N)C(c2ccccc2)C(C(=O)OCC)=C(C)O1. The van der Waals surface area contributed by atoms with Crippen LogP contribution in [0.15, 0.2) is 58.1 Å². The Balaban J connectivity index is 2.57. The van der Waals surface area contributed by atoms with Gasteiger partial charge in [0.1, 0.15) is 17.4 Å². The van der Waals surface area contributed by atoms with Crippen molar-refractivity contribution in [3.8, 4) is 6.07 Å². The summed E-state index contributed by atoms with van der Waals surface area (Å²) in [5.74, 6) is -0.632. The molecule has 0 amide bonds. The second-order valence-corrected chi connectivity index (χ2v) is 5.16. The monoisotopic (exact) mass is 340 g/mol. The summed E-state index contributed by atoms with van der Waals surface area (Å²) < 4.78 is 15.9. The number of esters is 1. The quantitative estimate of drug-likeness (QED) is 0.450. The molecule has 1 atom stereocenters. The molecule has 25 heavy (non-hydrogen) atoms. The van der Waals surface area contributed by atoms with Gasteiger partial charge in [-0.2, -0.15) is 10.3 Å². The van der Waals surface area contributed by atoms with E-state index in [4.69, 9.17) is 14.2 Å². The number of hydrogen-bond donors (Lipinski definition) is 0. The molecule has 0 spiro atoms. The Bertz CT molecular complexity index is 757. The third kappa shape index (κ3) is 4.07. The predicted octanol–water partition coefficient (Wildman–Crippen LogP) is 3.44. The van der Waals surface area contributed by atoms with Crippen molar-refractivity contribution in [2.45, 2.75) is 26.7 Å². The van der Waals surface area contributed by atoms with E-state index in [1.165, 1.54) is 6.40 Å². The van der Waals surface area contributed by atoms with E-state index in [1.807, 2.05) is 37.3 Å². The minimum atomic E-state index is -0.604. The topological polar surface area (TPSA) is 80.9 Å². The van der Waals surface area contributed by atoms with Crippen LogP contribution in [0.25, 0.3) is 0 Å². The highest BCUT2D eigenvalue weighted by molar-refractivity contribution is 5.92. The van der Waals surface area contributed by atoms with E-state index in [2.05, 4.69) is 11.1 Å². The Hall–Kier alpha value is -3.07. The lowest BCUT2D eigenvalue weighted by atomic mass is 9.83. The summed E-state index contributed by atoms with van der Waals surface area (Å²) >= 11 is 0. The van der Waals surface area contributed by atoms with Crippen molar-refractivity contribution in [3.05, 3.63) is 58.7 Å². The second-order valence-electron chi connectivity index (χ2n) is 5.16. The molecular formula is C19H20N2O4. The maximum atomic E-state index is 12.5. The molecule has 0 N–H and O–H groups in total. The van der Waals surface area contributed by atoms with Crippen molar-refractivity contribution in [3.63, 3.8) is 0 Å². The van der Waals surface area contributed by atoms with Crippen LogP contribution in [0.4, 0.5) is 0 Å². The zero-order valence-corrected chi connectivity index (χ0v) is 14.5. The Kier molecular flexibility index (Phi) is 6.35. The van der Waals surface area contributed by atoms with Crippen molar-refractivity contribution in [2.24, 2.45) is 4.99 Å². The van der Waals surface area contributed by atoms with Crippen LogP contribution in [-0.4, -0.2) is 25.6 Å². The molecule has 0 fully saturated rings. The van der Waals surface area contributed by atoms with Crippen LogP contribution in [0, 0.1) is 11.3 Å². The van der Waals surface area contributed by atoms with Gasteiger partial charge in [0, 0.05) is 0 Å². The molecule has 0 saturated carbocycles. The summed E-state index contributed by atoms with van der Waals surface area (Å²) in [6.07, 6.45) is 1.23. The van der Waals surface area contributed by atoms with E-state index in [0.717, 1.165) is 5.56 Å². The molecule has 2 rings (SSSR count). The number of allylic oxidation sites excluding steroid dienone is 2. The highest BCUT2D eigenvalue weighted by Gasteiger charge is 2.36. The van der Waals surface area contributed by atoms with Crippen LogP contribution in [-0.2, 0) is 19.0 Å². The molecule has 1 unspecified atom stereocenters. The van der Waals surface area contributed by atoms with Gasteiger partial charge in [0.05, 0.1) is 24.7 Å². The number of ether oxygens (including phenoxy) is 3. The lowest BCUT2D eigenvalue weighted by Gasteiger charge is -2.26. The van der Waals surface area contributed by atoms with Crippen molar-refractivity contribution in [2.75, 3.05) is 13.2 Å². The first-order valence-corrected chi connectivity index (χ1v) is 8.03. The highest BCUT2D eigenvalue weighted by atomic mass is 16.5. The Morgan fingerprint density at radius 2 is 2.04 bits per heavy atom. The van der Waals surface area contributed by atoms with Gasteiger partial charge in [-0.05, 0) is 26.3 Å². The summed E-state index contributed by atoms with van der Waals surface area (Å²) in [5.41, 5.74) is 1.32. The molecule has 0 radical (unpaired) electrons. The van der Waals surface area contributed by atoms with Gasteiger partial charge in [-0.1, -0.05) is 30.3 Å². The standard InChI is InChI=1S/C19H20N2O4/c1-4-23-12-21-18-15(11-20)17(14-9-7-6-8-10-14)16(13(3)25-18)19(22)24-5-2/h6-10,12,17H,4-5H2,1-3H3/b21-12+.